The molecule has 0 heterocycles. The summed E-state index contributed by atoms with van der Waals surface area (Å²) >= 11 is 0. The number of rotatable bonds is 8. The van der Waals surface area contributed by atoms with Crippen LogP contribution in [-0.2, 0) is 6.54 Å². The maximum Gasteiger partial charge on any atom is 0.251 e. The van der Waals surface area contributed by atoms with Gasteiger partial charge in [-0.1, -0.05) is 29.4 Å². The zero-order valence-electron chi connectivity index (χ0n) is 13.9. The van der Waals surface area contributed by atoms with Crippen molar-refractivity contribution in [2.75, 3.05) is 12.0 Å². The molecule has 0 aliphatic carbocycles. The predicted octanol–water partition coefficient (Wildman–Crippen LogP) is 2.19. The van der Waals surface area contributed by atoms with Crippen LogP contribution in [0.15, 0.2) is 47.6 Å². The number of hydrogen-bond donors (Lipinski definition) is 5. The number of benzene rings is 2. The Labute approximate surface area is 149 Å². The maximum atomic E-state index is 12.4. The summed E-state index contributed by atoms with van der Waals surface area (Å²) in [7, 11) is 0. The lowest BCUT2D eigenvalue weighted by Crippen LogP contribution is -2.38. The third-order valence-electron chi connectivity index (χ3n) is 3.68. The van der Waals surface area contributed by atoms with Crippen molar-refractivity contribution in [3.63, 3.8) is 0 Å². The van der Waals surface area contributed by atoms with E-state index in [4.69, 9.17) is 21.9 Å². The van der Waals surface area contributed by atoms with Crippen LogP contribution in [0.3, 0.4) is 0 Å². The number of anilines is 1. The highest BCUT2D eigenvalue weighted by Crippen LogP contribution is 2.25. The van der Waals surface area contributed by atoms with Crippen LogP contribution in [0.1, 0.15) is 15.9 Å². The third kappa shape index (κ3) is 4.81. The highest BCUT2D eigenvalue weighted by atomic mass is 16.3. The lowest BCUT2D eigenvalue weighted by Gasteiger charge is -2.13. The Balaban J connectivity index is 2.32. The van der Waals surface area contributed by atoms with Gasteiger partial charge >= 0.3 is 0 Å². The molecule has 1 amide bonds. The third-order valence-corrected chi connectivity index (χ3v) is 3.68. The minimum absolute atomic E-state index is 0.265. The van der Waals surface area contributed by atoms with Gasteiger partial charge in [0.2, 0.25) is 0 Å². The van der Waals surface area contributed by atoms with Crippen LogP contribution >= 0.6 is 0 Å². The number of nitrogen functional groups attached to an aromatic ring is 1. The normalized spacial score (nSPS) is 11.2. The molecule has 2 rings (SSSR count). The number of nitrogens with two attached hydrogens (primary N) is 1. The quantitative estimate of drug-likeness (QED) is 0.123. The molecule has 9 heteroatoms. The summed E-state index contributed by atoms with van der Waals surface area (Å²) in [6, 6.07) is 11.7. The van der Waals surface area contributed by atoms with E-state index in [2.05, 4.69) is 20.8 Å². The topological polar surface area (TPSA) is 160 Å². The van der Waals surface area contributed by atoms with Gasteiger partial charge < -0.3 is 21.3 Å². The molecular weight excluding hydrogens is 334 g/mol. The van der Waals surface area contributed by atoms with Gasteiger partial charge in [0, 0.05) is 22.4 Å². The number of carbonyl (C=O) groups is 1. The van der Waals surface area contributed by atoms with E-state index >= 15 is 0 Å². The number of hydrazine groups is 1. The van der Waals surface area contributed by atoms with E-state index in [0.717, 1.165) is 22.9 Å². The molecule has 0 aromatic heterocycles. The van der Waals surface area contributed by atoms with Gasteiger partial charge in [-0.05, 0) is 40.4 Å². The molecule has 0 saturated carbocycles. The smallest absolute Gasteiger partial charge is 0.251 e. The van der Waals surface area contributed by atoms with Gasteiger partial charge in [0.1, 0.15) is 0 Å². The van der Waals surface area contributed by atoms with Crippen molar-refractivity contribution in [3.8, 4) is 11.1 Å². The van der Waals surface area contributed by atoms with E-state index in [1.165, 1.54) is 0 Å². The number of azide groups is 1. The molecule has 2 aromatic rings. The van der Waals surface area contributed by atoms with E-state index in [0.29, 0.717) is 11.3 Å². The fourth-order valence-electron chi connectivity index (χ4n) is 2.32. The van der Waals surface area contributed by atoms with Crippen LogP contribution in [0.25, 0.3) is 21.6 Å². The van der Waals surface area contributed by atoms with Gasteiger partial charge in [-0.15, -0.1) is 0 Å². The van der Waals surface area contributed by atoms with Crippen molar-refractivity contribution in [2.24, 2.45) is 11.0 Å². The Morgan fingerprint density at radius 2 is 2.04 bits per heavy atom. The van der Waals surface area contributed by atoms with Crippen LogP contribution in [0.2, 0.25) is 0 Å². The monoisotopic (exact) mass is 353 g/mol. The number of nitrogens with zero attached hydrogens (tertiary/aromatic N) is 3. The molecule has 0 radical (unpaired) electrons. The van der Waals surface area contributed by atoms with Gasteiger partial charge in [0.15, 0.2) is 0 Å². The summed E-state index contributed by atoms with van der Waals surface area (Å²) in [4.78, 5) is 15.1. The van der Waals surface area contributed by atoms with Crippen LogP contribution < -0.4 is 16.6 Å². The SMILES string of the molecule is [N-]=[N+]=NCc1ccc(-c2cc(NN)cc(C(=O)NC(C=N)CO)c2)cc1. The molecule has 1 unspecified atom stereocenters. The number of hydrogen-bond acceptors (Lipinski definition) is 6. The highest BCUT2D eigenvalue weighted by Gasteiger charge is 2.13. The average molecular weight is 353 g/mol. The van der Waals surface area contributed by atoms with E-state index in [1.807, 2.05) is 24.3 Å². The van der Waals surface area contributed by atoms with Gasteiger partial charge in [-0.2, -0.15) is 0 Å². The Hall–Kier alpha value is -3.39. The molecule has 134 valence electrons. The molecule has 6 N–H and O–H groups in total. The molecule has 26 heavy (non-hydrogen) atoms. The van der Waals surface area contributed by atoms with Crippen LogP contribution in [0.5, 0.6) is 0 Å². The maximum absolute atomic E-state index is 12.4. The summed E-state index contributed by atoms with van der Waals surface area (Å²) < 4.78 is 0. The molecule has 0 spiro atoms. The van der Waals surface area contributed by atoms with Crippen molar-refractivity contribution in [2.45, 2.75) is 12.6 Å². The van der Waals surface area contributed by atoms with E-state index < -0.39 is 11.9 Å². The fraction of sp³-hybridized carbons (Fsp3) is 0.176. The second-order valence-corrected chi connectivity index (χ2v) is 5.46. The molecule has 0 saturated heterocycles. The average Bonchev–Trinajstić information content (AvgIpc) is 2.70. The van der Waals surface area contributed by atoms with Crippen LogP contribution in [0.4, 0.5) is 5.69 Å². The predicted molar refractivity (Wildman–Crippen MR) is 99.7 cm³/mol. The van der Waals surface area contributed by atoms with Crippen LogP contribution in [0, 0.1) is 5.41 Å². The summed E-state index contributed by atoms with van der Waals surface area (Å²) in [5.41, 5.74) is 14.3. The van der Waals surface area contributed by atoms with E-state index in [1.54, 1.807) is 18.2 Å². The Kier molecular flexibility index (Phi) is 6.69. The Bertz CT molecular complexity index is 830. The first-order chi connectivity index (χ1) is 12.6. The summed E-state index contributed by atoms with van der Waals surface area (Å²) in [5, 5.41) is 22.4. The first kappa shape index (κ1) is 18.9. The Morgan fingerprint density at radius 3 is 2.62 bits per heavy atom. The second kappa shape index (κ2) is 9.19. The zero-order chi connectivity index (χ0) is 18.9. The van der Waals surface area contributed by atoms with Gasteiger partial charge in [0.05, 0.1) is 19.2 Å². The minimum atomic E-state index is -0.750. The molecule has 9 nitrogen and oxygen atoms in total. The van der Waals surface area contributed by atoms with Crippen molar-refractivity contribution in [1.29, 1.82) is 5.41 Å². The molecule has 0 fully saturated rings. The Morgan fingerprint density at radius 1 is 1.31 bits per heavy atom. The number of aliphatic hydroxyl groups excluding tert-OH is 1. The van der Waals surface area contributed by atoms with Crippen molar-refractivity contribution >= 4 is 17.8 Å². The summed E-state index contributed by atoms with van der Waals surface area (Å²) in [5.74, 6) is 5.07. The largest absolute Gasteiger partial charge is 0.394 e. The molecule has 0 bridgehead atoms. The lowest BCUT2D eigenvalue weighted by atomic mass is 10.0. The molecule has 2 aromatic carbocycles. The van der Waals surface area contributed by atoms with Gasteiger partial charge in [-0.3, -0.25) is 10.6 Å². The van der Waals surface area contributed by atoms with E-state index in [-0.39, 0.29) is 13.2 Å². The lowest BCUT2D eigenvalue weighted by molar-refractivity contribution is 0.0934. The van der Waals surface area contributed by atoms with E-state index in [9.17, 15) is 4.79 Å². The summed E-state index contributed by atoms with van der Waals surface area (Å²) in [6.07, 6.45) is 0.965. The van der Waals surface area contributed by atoms with Gasteiger partial charge in [-0.25, -0.2) is 0 Å². The molecular formula is C17H19N7O2. The summed E-state index contributed by atoms with van der Waals surface area (Å²) in [6.45, 7) is -0.0927. The van der Waals surface area contributed by atoms with Crippen molar-refractivity contribution < 1.29 is 9.90 Å². The first-order valence-electron chi connectivity index (χ1n) is 7.75. The van der Waals surface area contributed by atoms with Gasteiger partial charge in [0.25, 0.3) is 5.91 Å². The number of nitrogens with one attached hydrogen (secondary N) is 3. The molecule has 0 aliphatic rings. The second-order valence-electron chi connectivity index (χ2n) is 5.46. The minimum Gasteiger partial charge on any atom is -0.394 e. The zero-order valence-corrected chi connectivity index (χ0v) is 13.9. The van der Waals surface area contributed by atoms with Crippen LogP contribution in [-0.4, -0.2) is 29.9 Å². The fourth-order valence-corrected chi connectivity index (χ4v) is 2.32. The number of carbonyl (C=O) groups excluding carboxylic acids is 1. The molecule has 1 atom stereocenters. The number of aliphatic hydroxyl groups is 1. The molecule has 0 aliphatic heterocycles. The van der Waals surface area contributed by atoms with Crippen molar-refractivity contribution in [3.05, 3.63) is 64.0 Å². The van der Waals surface area contributed by atoms with Crippen molar-refractivity contribution in [1.82, 2.24) is 5.32 Å². The highest BCUT2D eigenvalue weighted by molar-refractivity contribution is 5.98. The standard InChI is InChI=1S/C17H19N7O2/c18-8-16(10-25)22-17(26)14-5-13(6-15(7-14)23-19)12-3-1-11(2-4-12)9-21-24-20/h1-8,16,18,23,25H,9-10,19H2,(H,22,26). The number of amides is 1. The first-order valence-corrected chi connectivity index (χ1v) is 7.75.